The number of unbranched alkanes of at least 4 members (excludes halogenated alkanes) is 1. The molecule has 0 fully saturated rings. The average Bonchev–Trinajstić information content (AvgIpc) is 3.12. The zero-order chi connectivity index (χ0) is 24.2. The summed E-state index contributed by atoms with van der Waals surface area (Å²) >= 11 is 0. The number of hydrogen-bond acceptors (Lipinski definition) is 5. The largest absolute Gasteiger partial charge is 0.494 e. The highest BCUT2D eigenvalue weighted by atomic mass is 19.1. The first kappa shape index (κ1) is 24.0. The normalized spacial score (nSPS) is 15.4. The van der Waals surface area contributed by atoms with E-state index in [1.54, 1.807) is 4.90 Å². The summed E-state index contributed by atoms with van der Waals surface area (Å²) in [6.07, 6.45) is 1.96. The second kappa shape index (κ2) is 10.4. The zero-order valence-corrected chi connectivity index (χ0v) is 20.0. The van der Waals surface area contributed by atoms with Crippen LogP contribution in [0.1, 0.15) is 61.3 Å². The Hall–Kier alpha value is -3.19. The van der Waals surface area contributed by atoms with Gasteiger partial charge in [0.1, 0.15) is 17.1 Å². The summed E-state index contributed by atoms with van der Waals surface area (Å²) in [4.78, 5) is 31.0. The molecule has 4 rings (SSSR count). The third-order valence-electron chi connectivity index (χ3n) is 6.42. The quantitative estimate of drug-likeness (QED) is 0.394. The number of halogens is 1. The Morgan fingerprint density at radius 3 is 2.62 bits per heavy atom. The fraction of sp³-hybridized carbons (Fsp3) is 0.407. The molecular weight excluding hydrogens is 435 g/mol. The summed E-state index contributed by atoms with van der Waals surface area (Å²) < 4.78 is 25.7. The third kappa shape index (κ3) is 4.57. The number of ether oxygens (including phenoxy) is 1. The molecule has 0 spiro atoms. The SMILES string of the molecule is CCCCOc1cccc(C2c3c(oc4ccc(F)cc4c3=O)C(=O)N2CCN(CC)CC)c1. The summed E-state index contributed by atoms with van der Waals surface area (Å²) in [7, 11) is 0. The van der Waals surface area contributed by atoms with Gasteiger partial charge in [-0.15, -0.1) is 0 Å². The van der Waals surface area contributed by atoms with Crippen LogP contribution in [0.2, 0.25) is 0 Å². The van der Waals surface area contributed by atoms with E-state index in [1.165, 1.54) is 18.2 Å². The molecule has 0 N–H and O–H groups in total. The fourth-order valence-electron chi connectivity index (χ4n) is 4.47. The second-order valence-corrected chi connectivity index (χ2v) is 8.52. The summed E-state index contributed by atoms with van der Waals surface area (Å²) in [5.74, 6) is -0.129. The molecule has 2 heterocycles. The van der Waals surface area contributed by atoms with Crippen LogP contribution in [0.5, 0.6) is 5.75 Å². The molecule has 7 heteroatoms. The monoisotopic (exact) mass is 466 g/mol. The first-order chi connectivity index (χ1) is 16.5. The van der Waals surface area contributed by atoms with Crippen molar-refractivity contribution in [2.75, 3.05) is 32.8 Å². The predicted molar refractivity (Wildman–Crippen MR) is 130 cm³/mol. The lowest BCUT2D eigenvalue weighted by molar-refractivity contribution is 0.0708. The van der Waals surface area contributed by atoms with Crippen molar-refractivity contribution < 1.29 is 18.3 Å². The van der Waals surface area contributed by atoms with E-state index in [2.05, 4.69) is 25.7 Å². The highest BCUT2D eigenvalue weighted by Gasteiger charge is 2.42. The van der Waals surface area contributed by atoms with Crippen LogP contribution in [-0.4, -0.2) is 48.5 Å². The van der Waals surface area contributed by atoms with Crippen molar-refractivity contribution in [3.8, 4) is 5.75 Å². The van der Waals surface area contributed by atoms with E-state index in [4.69, 9.17) is 9.15 Å². The number of fused-ring (bicyclic) bond motifs is 2. The van der Waals surface area contributed by atoms with Crippen molar-refractivity contribution in [3.63, 3.8) is 0 Å². The number of hydrogen-bond donors (Lipinski definition) is 0. The second-order valence-electron chi connectivity index (χ2n) is 8.52. The zero-order valence-electron chi connectivity index (χ0n) is 20.0. The minimum absolute atomic E-state index is 0.0333. The molecule has 1 aliphatic rings. The molecule has 0 aliphatic carbocycles. The molecule has 3 aromatic rings. The number of amides is 1. The number of rotatable bonds is 10. The molecule has 6 nitrogen and oxygen atoms in total. The molecule has 0 saturated carbocycles. The first-order valence-electron chi connectivity index (χ1n) is 12.0. The Balaban J connectivity index is 1.81. The molecule has 180 valence electrons. The van der Waals surface area contributed by atoms with Crippen molar-refractivity contribution in [1.82, 2.24) is 9.80 Å². The van der Waals surface area contributed by atoms with Crippen LogP contribution in [0.3, 0.4) is 0 Å². The van der Waals surface area contributed by atoms with Gasteiger partial charge in [0, 0.05) is 13.1 Å². The van der Waals surface area contributed by atoms with Gasteiger partial charge in [-0.2, -0.15) is 0 Å². The van der Waals surface area contributed by atoms with Gasteiger partial charge >= 0.3 is 0 Å². The van der Waals surface area contributed by atoms with Gasteiger partial charge in [0.05, 0.1) is 23.6 Å². The van der Waals surface area contributed by atoms with Crippen molar-refractivity contribution in [1.29, 1.82) is 0 Å². The smallest absolute Gasteiger partial charge is 0.290 e. The van der Waals surface area contributed by atoms with Crippen LogP contribution >= 0.6 is 0 Å². The Labute approximate surface area is 198 Å². The molecule has 2 aromatic carbocycles. The average molecular weight is 467 g/mol. The number of carbonyl (C=O) groups excluding carboxylic acids is 1. The minimum atomic E-state index is -0.628. The summed E-state index contributed by atoms with van der Waals surface area (Å²) in [5, 5.41) is 0.137. The molecule has 0 radical (unpaired) electrons. The lowest BCUT2D eigenvalue weighted by Gasteiger charge is -2.28. The number of benzene rings is 2. The van der Waals surface area contributed by atoms with Crippen LogP contribution in [0, 0.1) is 5.82 Å². The third-order valence-corrected chi connectivity index (χ3v) is 6.42. The number of nitrogens with zero attached hydrogens (tertiary/aromatic N) is 2. The predicted octanol–water partition coefficient (Wildman–Crippen LogP) is 5.00. The summed E-state index contributed by atoms with van der Waals surface area (Å²) in [6.45, 7) is 9.65. The van der Waals surface area contributed by atoms with Gasteiger partial charge in [-0.1, -0.05) is 39.3 Å². The minimum Gasteiger partial charge on any atom is -0.494 e. The Morgan fingerprint density at radius 1 is 1.09 bits per heavy atom. The van der Waals surface area contributed by atoms with Gasteiger partial charge in [0.25, 0.3) is 5.91 Å². The summed E-state index contributed by atoms with van der Waals surface area (Å²) in [5.41, 5.74) is 0.855. The molecule has 1 aromatic heterocycles. The van der Waals surface area contributed by atoms with Crippen molar-refractivity contribution >= 4 is 16.9 Å². The van der Waals surface area contributed by atoms with Gasteiger partial charge < -0.3 is 19.0 Å². The highest BCUT2D eigenvalue weighted by Crippen LogP contribution is 2.39. The Kier molecular flexibility index (Phi) is 7.32. The molecule has 0 saturated heterocycles. The fourth-order valence-corrected chi connectivity index (χ4v) is 4.47. The van der Waals surface area contributed by atoms with E-state index >= 15 is 0 Å². The highest BCUT2D eigenvalue weighted by molar-refractivity contribution is 5.99. The number of carbonyl (C=O) groups is 1. The number of likely N-dealkylation sites (N-methyl/N-ethyl adjacent to an activating group) is 1. The van der Waals surface area contributed by atoms with E-state index in [-0.39, 0.29) is 33.6 Å². The van der Waals surface area contributed by atoms with E-state index < -0.39 is 11.9 Å². The standard InChI is InChI=1S/C27H31FN2O4/c1-4-7-15-33-20-10-8-9-18(16-20)24-23-25(31)21-17-19(28)11-12-22(21)34-26(23)27(32)30(24)14-13-29(5-2)6-3/h8-12,16-17,24H,4-7,13-15H2,1-3H3. The van der Waals surface area contributed by atoms with Crippen molar-refractivity contribution in [2.24, 2.45) is 0 Å². The van der Waals surface area contributed by atoms with E-state index in [1.807, 2.05) is 24.3 Å². The maximum Gasteiger partial charge on any atom is 0.290 e. The van der Waals surface area contributed by atoms with Crippen LogP contribution < -0.4 is 10.2 Å². The maximum atomic E-state index is 13.9. The molecule has 1 atom stereocenters. The molecular formula is C27H31FN2O4. The maximum absolute atomic E-state index is 13.9. The Bertz CT molecular complexity index is 1240. The topological polar surface area (TPSA) is 63.0 Å². The molecule has 0 bridgehead atoms. The van der Waals surface area contributed by atoms with Crippen LogP contribution in [0.4, 0.5) is 4.39 Å². The van der Waals surface area contributed by atoms with Gasteiger partial charge in [-0.25, -0.2) is 4.39 Å². The molecule has 1 unspecified atom stereocenters. The van der Waals surface area contributed by atoms with Gasteiger partial charge in [-0.05, 0) is 55.4 Å². The lowest BCUT2D eigenvalue weighted by Crippen LogP contribution is -2.37. The van der Waals surface area contributed by atoms with Gasteiger partial charge in [0.2, 0.25) is 5.76 Å². The van der Waals surface area contributed by atoms with Crippen molar-refractivity contribution in [3.05, 3.63) is 75.4 Å². The molecule has 1 amide bonds. The first-order valence-corrected chi connectivity index (χ1v) is 12.0. The van der Waals surface area contributed by atoms with E-state index in [9.17, 15) is 14.0 Å². The lowest BCUT2D eigenvalue weighted by atomic mass is 9.98. The molecule has 1 aliphatic heterocycles. The summed E-state index contributed by atoms with van der Waals surface area (Å²) in [6, 6.07) is 10.7. The Morgan fingerprint density at radius 2 is 1.88 bits per heavy atom. The van der Waals surface area contributed by atoms with E-state index in [0.29, 0.717) is 25.4 Å². The van der Waals surface area contributed by atoms with E-state index in [0.717, 1.165) is 31.5 Å². The van der Waals surface area contributed by atoms with Crippen LogP contribution in [0.15, 0.2) is 51.7 Å². The van der Waals surface area contributed by atoms with Crippen LogP contribution in [-0.2, 0) is 0 Å². The molecule has 34 heavy (non-hydrogen) atoms. The van der Waals surface area contributed by atoms with Crippen molar-refractivity contribution in [2.45, 2.75) is 39.7 Å². The van der Waals surface area contributed by atoms with Gasteiger partial charge in [-0.3, -0.25) is 9.59 Å². The van der Waals surface area contributed by atoms with Crippen LogP contribution in [0.25, 0.3) is 11.0 Å². The van der Waals surface area contributed by atoms with Gasteiger partial charge in [0.15, 0.2) is 5.43 Å².